The summed E-state index contributed by atoms with van der Waals surface area (Å²) in [7, 11) is -3.50. The number of benzene rings is 1. The molecule has 0 unspecified atom stereocenters. The largest absolute Gasteiger partial charge is 0.297 e. The van der Waals surface area contributed by atoms with Gasteiger partial charge in [-0.05, 0) is 37.7 Å². The molecule has 0 saturated carbocycles. The SMILES string of the molecule is CC[C@@H](C)n1c(-c2cccc(S(=O)(=O)N(CC)CC)c2)n[nH]c1=S. The smallest absolute Gasteiger partial charge is 0.243 e. The van der Waals surface area contributed by atoms with E-state index in [1.807, 2.05) is 24.5 Å². The fraction of sp³-hybridized carbons (Fsp3) is 0.500. The predicted molar refractivity (Wildman–Crippen MR) is 98.0 cm³/mol. The van der Waals surface area contributed by atoms with Gasteiger partial charge in [0.1, 0.15) is 0 Å². The van der Waals surface area contributed by atoms with E-state index in [9.17, 15) is 8.42 Å². The zero-order valence-electron chi connectivity index (χ0n) is 14.5. The highest BCUT2D eigenvalue weighted by Gasteiger charge is 2.23. The van der Waals surface area contributed by atoms with Gasteiger partial charge in [0.25, 0.3) is 0 Å². The molecule has 2 rings (SSSR count). The highest BCUT2D eigenvalue weighted by molar-refractivity contribution is 7.89. The lowest BCUT2D eigenvalue weighted by molar-refractivity contribution is 0.445. The summed E-state index contributed by atoms with van der Waals surface area (Å²) in [5, 5.41) is 7.11. The van der Waals surface area contributed by atoms with E-state index in [0.717, 1.165) is 12.0 Å². The van der Waals surface area contributed by atoms with E-state index < -0.39 is 10.0 Å². The fourth-order valence-electron chi connectivity index (χ4n) is 2.61. The first-order chi connectivity index (χ1) is 11.4. The van der Waals surface area contributed by atoms with Crippen molar-refractivity contribution in [2.75, 3.05) is 13.1 Å². The Labute approximate surface area is 148 Å². The van der Waals surface area contributed by atoms with Crippen LogP contribution in [0.2, 0.25) is 0 Å². The number of H-pyrrole nitrogens is 1. The van der Waals surface area contributed by atoms with Gasteiger partial charge in [-0.2, -0.15) is 9.40 Å². The lowest BCUT2D eigenvalue weighted by Crippen LogP contribution is -2.30. The van der Waals surface area contributed by atoms with Gasteiger partial charge in [0.05, 0.1) is 4.90 Å². The van der Waals surface area contributed by atoms with Crippen molar-refractivity contribution in [1.29, 1.82) is 0 Å². The third-order valence-electron chi connectivity index (χ3n) is 4.17. The van der Waals surface area contributed by atoms with Crippen LogP contribution in [0.25, 0.3) is 11.4 Å². The molecule has 24 heavy (non-hydrogen) atoms. The molecule has 0 aliphatic heterocycles. The molecular formula is C16H24N4O2S2. The topological polar surface area (TPSA) is 71.0 Å². The van der Waals surface area contributed by atoms with Crippen molar-refractivity contribution in [1.82, 2.24) is 19.1 Å². The van der Waals surface area contributed by atoms with Crippen LogP contribution in [0.4, 0.5) is 0 Å². The molecule has 0 radical (unpaired) electrons. The molecule has 132 valence electrons. The van der Waals surface area contributed by atoms with Crippen molar-refractivity contribution in [3.63, 3.8) is 0 Å². The standard InChI is InChI=1S/C16H24N4O2S2/c1-5-12(4)20-15(17-18-16(20)23)13-9-8-10-14(11-13)24(21,22)19(6-2)7-3/h8-12H,5-7H2,1-4H3,(H,18,23)/t12-/m1/s1. The summed E-state index contributed by atoms with van der Waals surface area (Å²) in [4.78, 5) is 0.272. The average Bonchev–Trinajstić information content (AvgIpc) is 2.97. The van der Waals surface area contributed by atoms with Crippen LogP contribution in [0.3, 0.4) is 0 Å². The maximum atomic E-state index is 12.7. The van der Waals surface area contributed by atoms with Crippen LogP contribution in [-0.2, 0) is 10.0 Å². The minimum Gasteiger partial charge on any atom is -0.297 e. The number of nitrogens with zero attached hydrogens (tertiary/aromatic N) is 3. The maximum Gasteiger partial charge on any atom is 0.243 e. The third-order valence-corrected chi connectivity index (χ3v) is 6.51. The zero-order valence-corrected chi connectivity index (χ0v) is 16.1. The number of aromatic nitrogens is 3. The van der Waals surface area contributed by atoms with Gasteiger partial charge in [0.15, 0.2) is 10.6 Å². The van der Waals surface area contributed by atoms with Gasteiger partial charge in [0, 0.05) is 24.7 Å². The summed E-state index contributed by atoms with van der Waals surface area (Å²) in [5.74, 6) is 0.658. The van der Waals surface area contributed by atoms with Gasteiger partial charge in [0.2, 0.25) is 10.0 Å². The molecule has 1 heterocycles. The quantitative estimate of drug-likeness (QED) is 0.758. The van der Waals surface area contributed by atoms with Crippen LogP contribution in [0.15, 0.2) is 29.2 Å². The first-order valence-corrected chi connectivity index (χ1v) is 9.99. The van der Waals surface area contributed by atoms with Crippen LogP contribution in [0.5, 0.6) is 0 Å². The Hall–Kier alpha value is -1.51. The van der Waals surface area contributed by atoms with Crippen LogP contribution in [-0.4, -0.2) is 40.6 Å². The molecule has 0 bridgehead atoms. The van der Waals surface area contributed by atoms with Crippen molar-refractivity contribution in [2.24, 2.45) is 0 Å². The van der Waals surface area contributed by atoms with Crippen LogP contribution in [0.1, 0.15) is 40.2 Å². The molecule has 8 heteroatoms. The maximum absolute atomic E-state index is 12.7. The fourth-order valence-corrected chi connectivity index (χ4v) is 4.42. The first-order valence-electron chi connectivity index (χ1n) is 8.14. The Morgan fingerprint density at radius 3 is 2.54 bits per heavy atom. The Kier molecular flexibility index (Phi) is 5.95. The van der Waals surface area contributed by atoms with Crippen molar-refractivity contribution in [3.05, 3.63) is 29.0 Å². The number of sulfonamides is 1. The summed E-state index contributed by atoms with van der Waals surface area (Å²) < 4.78 is 29.4. The summed E-state index contributed by atoms with van der Waals surface area (Å²) >= 11 is 5.32. The molecule has 0 amide bonds. The number of hydrogen-bond acceptors (Lipinski definition) is 4. The molecule has 1 aromatic heterocycles. The Balaban J connectivity index is 2.56. The van der Waals surface area contributed by atoms with E-state index in [4.69, 9.17) is 12.2 Å². The van der Waals surface area contributed by atoms with E-state index >= 15 is 0 Å². The van der Waals surface area contributed by atoms with Gasteiger partial charge >= 0.3 is 0 Å². The molecule has 6 nitrogen and oxygen atoms in total. The molecular weight excluding hydrogens is 344 g/mol. The second kappa shape index (κ2) is 7.58. The minimum absolute atomic E-state index is 0.175. The summed E-state index contributed by atoms with van der Waals surface area (Å²) in [5.41, 5.74) is 0.732. The van der Waals surface area contributed by atoms with Gasteiger partial charge in [-0.1, -0.05) is 32.9 Å². The molecule has 0 aliphatic carbocycles. The van der Waals surface area contributed by atoms with E-state index in [1.54, 1.807) is 18.2 Å². The highest BCUT2D eigenvalue weighted by atomic mass is 32.2. The number of hydrogen-bond donors (Lipinski definition) is 1. The number of aromatic amines is 1. The monoisotopic (exact) mass is 368 g/mol. The van der Waals surface area contributed by atoms with Gasteiger partial charge in [-0.25, -0.2) is 8.42 Å². The van der Waals surface area contributed by atoms with E-state index in [2.05, 4.69) is 24.0 Å². The second-order valence-corrected chi connectivity index (χ2v) is 7.92. The molecule has 0 saturated heterocycles. The van der Waals surface area contributed by atoms with Crippen molar-refractivity contribution in [3.8, 4) is 11.4 Å². The van der Waals surface area contributed by atoms with Crippen LogP contribution >= 0.6 is 12.2 Å². The summed E-state index contributed by atoms with van der Waals surface area (Å²) in [6.45, 7) is 8.68. The van der Waals surface area contributed by atoms with E-state index in [0.29, 0.717) is 23.7 Å². The van der Waals surface area contributed by atoms with Crippen LogP contribution < -0.4 is 0 Å². The molecule has 1 N–H and O–H groups in total. The lowest BCUT2D eigenvalue weighted by Gasteiger charge is -2.19. The molecule has 0 aliphatic rings. The Bertz CT molecular complexity index is 851. The first kappa shape index (κ1) is 18.8. The van der Waals surface area contributed by atoms with Gasteiger partial charge in [-0.3, -0.25) is 9.67 Å². The summed E-state index contributed by atoms with van der Waals surface area (Å²) in [6, 6.07) is 7.05. The highest BCUT2D eigenvalue weighted by Crippen LogP contribution is 2.26. The summed E-state index contributed by atoms with van der Waals surface area (Å²) in [6.07, 6.45) is 0.901. The molecule has 0 spiro atoms. The van der Waals surface area contributed by atoms with E-state index in [-0.39, 0.29) is 10.9 Å². The lowest BCUT2D eigenvalue weighted by atomic mass is 10.2. The van der Waals surface area contributed by atoms with Crippen LogP contribution in [0, 0.1) is 4.77 Å². The number of nitrogens with one attached hydrogen (secondary N) is 1. The zero-order chi connectivity index (χ0) is 17.9. The van der Waals surface area contributed by atoms with Crippen molar-refractivity contribution < 1.29 is 8.42 Å². The average molecular weight is 369 g/mol. The predicted octanol–water partition coefficient (Wildman–Crippen LogP) is 3.61. The Morgan fingerprint density at radius 1 is 1.29 bits per heavy atom. The minimum atomic E-state index is -3.50. The van der Waals surface area contributed by atoms with Crippen molar-refractivity contribution in [2.45, 2.75) is 45.1 Å². The number of rotatable bonds is 7. The molecule has 1 aromatic carbocycles. The second-order valence-electron chi connectivity index (χ2n) is 5.60. The molecule has 0 fully saturated rings. The van der Waals surface area contributed by atoms with E-state index in [1.165, 1.54) is 4.31 Å². The van der Waals surface area contributed by atoms with Gasteiger partial charge < -0.3 is 0 Å². The normalized spacial score (nSPS) is 13.4. The molecule has 1 atom stereocenters. The molecule has 2 aromatic rings. The van der Waals surface area contributed by atoms with Gasteiger partial charge in [-0.15, -0.1) is 0 Å². The third kappa shape index (κ3) is 3.45. The van der Waals surface area contributed by atoms with Crippen molar-refractivity contribution >= 4 is 22.2 Å². The Morgan fingerprint density at radius 2 is 1.96 bits per heavy atom.